The molecule has 0 bridgehead atoms. The van der Waals surface area contributed by atoms with Crippen molar-refractivity contribution in [1.82, 2.24) is 0 Å². The average molecular weight is 601 g/mol. The fraction of sp³-hybridized carbons (Fsp3) is 0. The van der Waals surface area contributed by atoms with Crippen LogP contribution in [0.2, 0.25) is 0 Å². The van der Waals surface area contributed by atoms with Crippen molar-refractivity contribution < 1.29 is 13.3 Å². The molecule has 0 unspecified atom stereocenters. The van der Waals surface area contributed by atoms with Crippen LogP contribution < -0.4 is 0 Å². The summed E-state index contributed by atoms with van der Waals surface area (Å²) in [6.45, 7) is 0. The molecule has 8 aromatic carbocycles. The van der Waals surface area contributed by atoms with Crippen LogP contribution >= 0.6 is 0 Å². The fourth-order valence-electron chi connectivity index (χ4n) is 7.93. The summed E-state index contributed by atoms with van der Waals surface area (Å²) >= 11 is 0. The Morgan fingerprint density at radius 2 is 0.851 bits per heavy atom. The minimum Gasteiger partial charge on any atom is -0.464 e. The highest BCUT2D eigenvalue weighted by molar-refractivity contribution is 6.24. The fourth-order valence-corrected chi connectivity index (χ4v) is 7.93. The average Bonchev–Trinajstić information content (AvgIpc) is 3.85. The standard InChI is InChI=1S/C44H24O3/c1-2-8-28-25(7-1)14-18-38-43(28)33-16-13-27(24-40(33)47-38)42-31-11-5-3-9-29(31)41(30-10-4-6-12-32(30)42)26-15-17-37-35(23-26)44-34-21-22-45-36(34)19-20-39(44)46-37/h1-24H. The summed E-state index contributed by atoms with van der Waals surface area (Å²) in [7, 11) is 0. The van der Waals surface area contributed by atoms with E-state index >= 15 is 0 Å². The van der Waals surface area contributed by atoms with Crippen LogP contribution in [0.5, 0.6) is 0 Å². The molecular formula is C44H24O3. The number of rotatable bonds is 2. The summed E-state index contributed by atoms with van der Waals surface area (Å²) in [5.74, 6) is 0. The molecule has 0 amide bonds. The zero-order valence-corrected chi connectivity index (χ0v) is 25.1. The minimum absolute atomic E-state index is 0.862. The highest BCUT2D eigenvalue weighted by Gasteiger charge is 2.20. The lowest BCUT2D eigenvalue weighted by Crippen LogP contribution is -1.90. The van der Waals surface area contributed by atoms with E-state index in [1.807, 2.05) is 18.2 Å². The van der Waals surface area contributed by atoms with Crippen molar-refractivity contribution in [2.24, 2.45) is 0 Å². The molecule has 218 valence electrons. The van der Waals surface area contributed by atoms with Crippen molar-refractivity contribution in [3.63, 3.8) is 0 Å². The summed E-state index contributed by atoms with van der Waals surface area (Å²) in [4.78, 5) is 0. The Labute approximate surface area is 267 Å². The van der Waals surface area contributed by atoms with Gasteiger partial charge in [0.1, 0.15) is 27.9 Å². The summed E-state index contributed by atoms with van der Waals surface area (Å²) < 4.78 is 18.6. The van der Waals surface area contributed by atoms with Gasteiger partial charge in [-0.05, 0) is 103 Å². The third-order valence-corrected chi connectivity index (χ3v) is 9.94. The molecule has 0 atom stereocenters. The highest BCUT2D eigenvalue weighted by Crippen LogP contribution is 2.46. The van der Waals surface area contributed by atoms with Crippen molar-refractivity contribution in [1.29, 1.82) is 0 Å². The molecule has 0 aliphatic rings. The van der Waals surface area contributed by atoms with Gasteiger partial charge in [-0.2, -0.15) is 0 Å². The molecule has 3 nitrogen and oxygen atoms in total. The van der Waals surface area contributed by atoms with Crippen LogP contribution in [-0.4, -0.2) is 0 Å². The molecule has 0 radical (unpaired) electrons. The second-order valence-corrected chi connectivity index (χ2v) is 12.4. The summed E-state index contributed by atoms with van der Waals surface area (Å²) in [6.07, 6.45) is 1.75. The van der Waals surface area contributed by atoms with Crippen molar-refractivity contribution in [2.45, 2.75) is 0 Å². The lowest BCUT2D eigenvalue weighted by atomic mass is 9.85. The smallest absolute Gasteiger partial charge is 0.136 e. The first kappa shape index (κ1) is 24.9. The van der Waals surface area contributed by atoms with Crippen molar-refractivity contribution in [3.8, 4) is 22.3 Å². The second kappa shape index (κ2) is 9.12. The molecule has 3 heterocycles. The number of fused-ring (bicyclic) bond motifs is 12. The molecule has 0 spiro atoms. The second-order valence-electron chi connectivity index (χ2n) is 12.4. The third kappa shape index (κ3) is 3.40. The van der Waals surface area contributed by atoms with E-state index in [1.54, 1.807) is 6.26 Å². The van der Waals surface area contributed by atoms with Gasteiger partial charge in [-0.25, -0.2) is 0 Å². The van der Waals surface area contributed by atoms with Crippen LogP contribution in [0.15, 0.2) is 159 Å². The first-order valence-corrected chi connectivity index (χ1v) is 15.9. The van der Waals surface area contributed by atoms with E-state index in [-0.39, 0.29) is 0 Å². The van der Waals surface area contributed by atoms with Crippen LogP contribution in [0.3, 0.4) is 0 Å². The van der Waals surface area contributed by atoms with Gasteiger partial charge >= 0.3 is 0 Å². The van der Waals surface area contributed by atoms with Gasteiger partial charge < -0.3 is 13.3 Å². The van der Waals surface area contributed by atoms with Gasteiger partial charge in [-0.15, -0.1) is 0 Å². The van der Waals surface area contributed by atoms with Gasteiger partial charge in [-0.1, -0.05) is 91.0 Å². The van der Waals surface area contributed by atoms with Crippen LogP contribution in [0.25, 0.3) is 109 Å². The quantitative estimate of drug-likeness (QED) is 0.185. The summed E-state index contributed by atoms with van der Waals surface area (Å²) in [5, 5.41) is 12.8. The molecular weight excluding hydrogens is 576 g/mol. The molecule has 47 heavy (non-hydrogen) atoms. The maximum atomic E-state index is 6.52. The molecule has 0 aliphatic carbocycles. The molecule has 0 fully saturated rings. The van der Waals surface area contributed by atoms with Crippen LogP contribution in [-0.2, 0) is 0 Å². The Hall–Kier alpha value is -6.32. The third-order valence-electron chi connectivity index (χ3n) is 9.94. The van der Waals surface area contributed by atoms with Gasteiger partial charge in [0.05, 0.1) is 6.26 Å². The van der Waals surface area contributed by atoms with Crippen LogP contribution in [0, 0.1) is 0 Å². The summed E-state index contributed by atoms with van der Waals surface area (Å²) in [5.41, 5.74) is 9.12. The molecule has 0 aliphatic heterocycles. The van der Waals surface area contributed by atoms with Crippen LogP contribution in [0.4, 0.5) is 0 Å². The zero-order chi connectivity index (χ0) is 30.6. The predicted octanol–water partition coefficient (Wildman–Crippen LogP) is 13.0. The van der Waals surface area contributed by atoms with E-state index in [4.69, 9.17) is 13.3 Å². The topological polar surface area (TPSA) is 39.4 Å². The Morgan fingerprint density at radius 3 is 1.60 bits per heavy atom. The molecule has 3 heteroatoms. The number of hydrogen-bond acceptors (Lipinski definition) is 3. The highest BCUT2D eigenvalue weighted by atomic mass is 16.3. The normalized spacial score (nSPS) is 12.3. The number of furan rings is 3. The molecule has 11 rings (SSSR count). The van der Waals surface area contributed by atoms with E-state index in [0.29, 0.717) is 0 Å². The van der Waals surface area contributed by atoms with Gasteiger partial charge in [0, 0.05) is 26.9 Å². The largest absolute Gasteiger partial charge is 0.464 e. The lowest BCUT2D eigenvalue weighted by molar-refractivity contribution is 0.615. The van der Waals surface area contributed by atoms with Crippen molar-refractivity contribution in [2.75, 3.05) is 0 Å². The minimum atomic E-state index is 0.862. The zero-order valence-electron chi connectivity index (χ0n) is 25.1. The first-order chi connectivity index (χ1) is 23.3. The first-order valence-electron chi connectivity index (χ1n) is 15.9. The van der Waals surface area contributed by atoms with Gasteiger partial charge in [0.2, 0.25) is 0 Å². The van der Waals surface area contributed by atoms with E-state index < -0.39 is 0 Å². The van der Waals surface area contributed by atoms with Gasteiger partial charge in [0.15, 0.2) is 0 Å². The van der Waals surface area contributed by atoms with Crippen molar-refractivity contribution in [3.05, 3.63) is 146 Å². The van der Waals surface area contributed by atoms with E-state index in [1.165, 1.54) is 48.8 Å². The van der Waals surface area contributed by atoms with Crippen LogP contribution in [0.1, 0.15) is 0 Å². The Balaban J connectivity index is 1.20. The predicted molar refractivity (Wildman–Crippen MR) is 194 cm³/mol. The Morgan fingerprint density at radius 1 is 0.319 bits per heavy atom. The number of hydrogen-bond donors (Lipinski definition) is 0. The Bertz CT molecular complexity index is 3020. The lowest BCUT2D eigenvalue weighted by Gasteiger charge is -2.17. The van der Waals surface area contributed by atoms with Gasteiger partial charge in [0.25, 0.3) is 0 Å². The SMILES string of the molecule is c1ccc2c(c1)ccc1oc3cc(-c4c5ccccc5c(-c5ccc6oc7ccc8occc8c7c6c5)c5ccccc45)ccc3c12. The van der Waals surface area contributed by atoms with E-state index in [9.17, 15) is 0 Å². The Kier molecular flexibility index (Phi) is 4.84. The number of benzene rings is 8. The molecule has 11 aromatic rings. The summed E-state index contributed by atoms with van der Waals surface area (Å²) in [6, 6.07) is 49.6. The van der Waals surface area contributed by atoms with Gasteiger partial charge in [-0.3, -0.25) is 0 Å². The molecule has 0 N–H and O–H groups in total. The molecule has 0 saturated carbocycles. The van der Waals surface area contributed by atoms with E-state index in [2.05, 4.69) is 121 Å². The molecule has 3 aromatic heterocycles. The maximum absolute atomic E-state index is 6.52. The maximum Gasteiger partial charge on any atom is 0.136 e. The van der Waals surface area contributed by atoms with Crippen molar-refractivity contribution >= 4 is 87.2 Å². The van der Waals surface area contributed by atoms with E-state index in [0.717, 1.165) is 60.6 Å². The monoisotopic (exact) mass is 600 g/mol. The molecule has 0 saturated heterocycles.